The number of carbonyl (C=O) groups is 1. The number of amides is 1. The lowest BCUT2D eigenvalue weighted by molar-refractivity contribution is 0.102. The van der Waals surface area contributed by atoms with E-state index in [0.717, 1.165) is 10.9 Å². The lowest BCUT2D eigenvalue weighted by Gasteiger charge is -2.00. The quantitative estimate of drug-likeness (QED) is 0.755. The summed E-state index contributed by atoms with van der Waals surface area (Å²) in [5.74, 6) is -0.183. The van der Waals surface area contributed by atoms with Crippen LogP contribution in [-0.4, -0.2) is 34.4 Å². The third kappa shape index (κ3) is 2.95. The van der Waals surface area contributed by atoms with E-state index < -0.39 is 0 Å². The first-order valence-electron chi connectivity index (χ1n) is 6.67. The summed E-state index contributed by atoms with van der Waals surface area (Å²) in [6.07, 6.45) is 3.40. The average molecular weight is 284 g/mol. The van der Waals surface area contributed by atoms with Crippen LogP contribution in [0.3, 0.4) is 0 Å². The van der Waals surface area contributed by atoms with Crippen molar-refractivity contribution >= 4 is 22.5 Å². The van der Waals surface area contributed by atoms with Gasteiger partial charge in [0, 0.05) is 24.2 Å². The molecule has 0 atom stereocenters. The minimum atomic E-state index is -0.183. The normalized spacial score (nSPS) is 10.9. The summed E-state index contributed by atoms with van der Waals surface area (Å²) in [6.45, 7) is 1.23. The molecule has 0 saturated heterocycles. The maximum absolute atomic E-state index is 12.2. The van der Waals surface area contributed by atoms with E-state index in [0.29, 0.717) is 24.5 Å². The van der Waals surface area contributed by atoms with Gasteiger partial charge in [-0.25, -0.2) is 0 Å². The zero-order chi connectivity index (χ0) is 14.7. The second-order valence-electron chi connectivity index (χ2n) is 4.71. The molecular weight excluding hydrogens is 268 g/mol. The third-order valence-electron chi connectivity index (χ3n) is 3.19. The highest BCUT2D eigenvalue weighted by Gasteiger charge is 2.10. The molecule has 2 aromatic heterocycles. The summed E-state index contributed by atoms with van der Waals surface area (Å²) in [5, 5.41) is 7.99. The summed E-state index contributed by atoms with van der Waals surface area (Å²) >= 11 is 0. The molecule has 6 heteroatoms. The number of hydrogen-bond acceptors (Lipinski definition) is 3. The molecule has 0 bridgehead atoms. The first kappa shape index (κ1) is 13.4. The molecule has 3 aromatic rings. The van der Waals surface area contributed by atoms with Crippen LogP contribution in [0.4, 0.5) is 5.69 Å². The summed E-state index contributed by atoms with van der Waals surface area (Å²) in [5.41, 5.74) is 2.13. The van der Waals surface area contributed by atoms with Gasteiger partial charge in [-0.2, -0.15) is 5.10 Å². The molecule has 0 aliphatic heterocycles. The molecule has 6 nitrogen and oxygen atoms in total. The maximum Gasteiger partial charge on any atom is 0.272 e. The molecular formula is C15H16N4O2. The molecule has 2 heterocycles. The number of fused-ring (bicyclic) bond motifs is 1. The second-order valence-corrected chi connectivity index (χ2v) is 4.71. The van der Waals surface area contributed by atoms with Gasteiger partial charge in [0.25, 0.3) is 5.91 Å². The van der Waals surface area contributed by atoms with Crippen LogP contribution in [0.2, 0.25) is 0 Å². The molecule has 0 unspecified atom stereocenters. The number of carbonyl (C=O) groups excluding carboxylic acids is 1. The summed E-state index contributed by atoms with van der Waals surface area (Å²) in [7, 11) is 1.64. The topological polar surface area (TPSA) is 71.9 Å². The van der Waals surface area contributed by atoms with E-state index in [-0.39, 0.29) is 5.91 Å². The van der Waals surface area contributed by atoms with Crippen LogP contribution in [0, 0.1) is 0 Å². The highest BCUT2D eigenvalue weighted by molar-refractivity contribution is 6.05. The Morgan fingerprint density at radius 1 is 1.43 bits per heavy atom. The SMILES string of the molecule is COCCn1cc(NC(=O)c2cc3ccccc3[nH]2)cn1. The standard InChI is InChI=1S/C15H16N4O2/c1-21-7-6-19-10-12(9-16-19)17-15(20)14-8-11-4-2-3-5-13(11)18-14/h2-5,8-10,18H,6-7H2,1H3,(H,17,20). The largest absolute Gasteiger partial charge is 0.383 e. The number of nitrogens with one attached hydrogen (secondary N) is 2. The summed E-state index contributed by atoms with van der Waals surface area (Å²) in [4.78, 5) is 15.3. The van der Waals surface area contributed by atoms with Crippen molar-refractivity contribution < 1.29 is 9.53 Å². The van der Waals surface area contributed by atoms with Crippen molar-refractivity contribution in [2.24, 2.45) is 0 Å². The number of anilines is 1. The molecule has 0 radical (unpaired) electrons. The van der Waals surface area contributed by atoms with Crippen LogP contribution in [0.1, 0.15) is 10.5 Å². The minimum Gasteiger partial charge on any atom is -0.383 e. The fourth-order valence-electron chi connectivity index (χ4n) is 2.13. The maximum atomic E-state index is 12.2. The van der Waals surface area contributed by atoms with Crippen molar-refractivity contribution in [2.45, 2.75) is 6.54 Å². The Hall–Kier alpha value is -2.60. The van der Waals surface area contributed by atoms with Gasteiger partial charge in [-0.3, -0.25) is 9.48 Å². The lowest BCUT2D eigenvalue weighted by Crippen LogP contribution is -2.11. The minimum absolute atomic E-state index is 0.183. The highest BCUT2D eigenvalue weighted by atomic mass is 16.5. The molecule has 0 fully saturated rings. The Kier molecular flexibility index (Phi) is 3.70. The van der Waals surface area contributed by atoms with E-state index in [9.17, 15) is 4.79 Å². The van der Waals surface area contributed by atoms with Gasteiger partial charge in [-0.05, 0) is 12.1 Å². The van der Waals surface area contributed by atoms with E-state index in [1.54, 1.807) is 24.2 Å². The van der Waals surface area contributed by atoms with Gasteiger partial charge < -0.3 is 15.0 Å². The van der Waals surface area contributed by atoms with Gasteiger partial charge in [0.05, 0.1) is 25.0 Å². The van der Waals surface area contributed by atoms with Crippen molar-refractivity contribution in [3.63, 3.8) is 0 Å². The molecule has 21 heavy (non-hydrogen) atoms. The monoisotopic (exact) mass is 284 g/mol. The predicted molar refractivity (Wildman–Crippen MR) is 80.4 cm³/mol. The van der Waals surface area contributed by atoms with Crippen molar-refractivity contribution in [1.29, 1.82) is 0 Å². The van der Waals surface area contributed by atoms with E-state index in [4.69, 9.17) is 4.74 Å². The second kappa shape index (κ2) is 5.80. The van der Waals surface area contributed by atoms with Crippen LogP contribution in [0.5, 0.6) is 0 Å². The van der Waals surface area contributed by atoms with Crippen molar-refractivity contribution in [1.82, 2.24) is 14.8 Å². The highest BCUT2D eigenvalue weighted by Crippen LogP contribution is 2.16. The lowest BCUT2D eigenvalue weighted by atomic mass is 10.2. The molecule has 0 aliphatic rings. The number of nitrogens with zero attached hydrogens (tertiary/aromatic N) is 2. The van der Waals surface area contributed by atoms with Crippen LogP contribution in [0.25, 0.3) is 10.9 Å². The summed E-state index contributed by atoms with van der Waals surface area (Å²) in [6, 6.07) is 9.61. The van der Waals surface area contributed by atoms with Crippen LogP contribution < -0.4 is 5.32 Å². The van der Waals surface area contributed by atoms with E-state index in [2.05, 4.69) is 15.4 Å². The predicted octanol–water partition coefficient (Wildman–Crippen LogP) is 2.26. The van der Waals surface area contributed by atoms with Crippen LogP contribution in [-0.2, 0) is 11.3 Å². The molecule has 3 rings (SSSR count). The number of hydrogen-bond donors (Lipinski definition) is 2. The fraction of sp³-hybridized carbons (Fsp3) is 0.200. The zero-order valence-electron chi connectivity index (χ0n) is 11.7. The van der Waals surface area contributed by atoms with Gasteiger partial charge in [-0.1, -0.05) is 18.2 Å². The molecule has 0 aliphatic carbocycles. The number of rotatable bonds is 5. The van der Waals surface area contributed by atoms with Crippen molar-refractivity contribution in [3.8, 4) is 0 Å². The first-order valence-corrected chi connectivity index (χ1v) is 6.67. The molecule has 0 spiro atoms. The van der Waals surface area contributed by atoms with Crippen LogP contribution in [0.15, 0.2) is 42.7 Å². The van der Waals surface area contributed by atoms with Crippen LogP contribution >= 0.6 is 0 Å². The van der Waals surface area contributed by atoms with E-state index in [1.165, 1.54) is 0 Å². The number of ether oxygens (including phenoxy) is 1. The van der Waals surface area contributed by atoms with Gasteiger partial charge in [-0.15, -0.1) is 0 Å². The Labute approximate surface area is 121 Å². The van der Waals surface area contributed by atoms with E-state index in [1.807, 2.05) is 30.3 Å². The van der Waals surface area contributed by atoms with Gasteiger partial charge >= 0.3 is 0 Å². The molecule has 2 N–H and O–H groups in total. The third-order valence-corrected chi connectivity index (χ3v) is 3.19. The Balaban J connectivity index is 1.72. The molecule has 1 aromatic carbocycles. The number of aromatic nitrogens is 3. The number of benzene rings is 1. The van der Waals surface area contributed by atoms with Gasteiger partial charge in [0.15, 0.2) is 0 Å². The number of H-pyrrole nitrogens is 1. The molecule has 0 saturated carbocycles. The number of para-hydroxylation sites is 1. The Bertz CT molecular complexity index is 727. The zero-order valence-corrected chi connectivity index (χ0v) is 11.7. The fourth-order valence-corrected chi connectivity index (χ4v) is 2.13. The molecule has 108 valence electrons. The summed E-state index contributed by atoms with van der Waals surface area (Å²) < 4.78 is 6.71. The Morgan fingerprint density at radius 2 is 2.29 bits per heavy atom. The van der Waals surface area contributed by atoms with Gasteiger partial charge in [0.2, 0.25) is 0 Å². The number of aromatic amines is 1. The number of methoxy groups -OCH3 is 1. The average Bonchev–Trinajstić information content (AvgIpc) is 3.11. The molecule has 1 amide bonds. The smallest absolute Gasteiger partial charge is 0.272 e. The first-order chi connectivity index (χ1) is 10.3. The van der Waals surface area contributed by atoms with Crippen molar-refractivity contribution in [2.75, 3.05) is 19.0 Å². The van der Waals surface area contributed by atoms with Gasteiger partial charge in [0.1, 0.15) is 5.69 Å². The Morgan fingerprint density at radius 3 is 3.10 bits per heavy atom. The van der Waals surface area contributed by atoms with E-state index >= 15 is 0 Å². The van der Waals surface area contributed by atoms with Crippen molar-refractivity contribution in [3.05, 3.63) is 48.4 Å².